The summed E-state index contributed by atoms with van der Waals surface area (Å²) in [5.74, 6) is 3.03. The Bertz CT molecular complexity index is 462. The SMILES string of the molecule is CN=C(NCCOc1ccccc1)N1CCSC(C)(C)C1. The van der Waals surface area contributed by atoms with Gasteiger partial charge in [0.2, 0.25) is 0 Å². The molecule has 1 N–H and O–H groups in total. The second kappa shape index (κ2) is 7.59. The van der Waals surface area contributed by atoms with Crippen molar-refractivity contribution in [3.63, 3.8) is 0 Å². The summed E-state index contributed by atoms with van der Waals surface area (Å²) in [5.41, 5.74) is 0. The molecule has 4 nitrogen and oxygen atoms in total. The van der Waals surface area contributed by atoms with Crippen molar-refractivity contribution in [1.29, 1.82) is 0 Å². The van der Waals surface area contributed by atoms with Crippen molar-refractivity contribution in [3.05, 3.63) is 30.3 Å². The highest BCUT2D eigenvalue weighted by Crippen LogP contribution is 2.29. The molecule has 1 heterocycles. The van der Waals surface area contributed by atoms with Gasteiger partial charge in [0.25, 0.3) is 0 Å². The number of ether oxygens (including phenoxy) is 1. The Morgan fingerprint density at radius 3 is 2.81 bits per heavy atom. The van der Waals surface area contributed by atoms with Crippen LogP contribution in [0.5, 0.6) is 5.75 Å². The first-order valence-electron chi connectivity index (χ1n) is 7.38. The number of benzene rings is 1. The topological polar surface area (TPSA) is 36.9 Å². The summed E-state index contributed by atoms with van der Waals surface area (Å²) in [4.78, 5) is 6.72. The lowest BCUT2D eigenvalue weighted by Gasteiger charge is -2.39. The predicted molar refractivity (Wildman–Crippen MR) is 91.4 cm³/mol. The van der Waals surface area contributed by atoms with Gasteiger partial charge in [0, 0.05) is 30.6 Å². The van der Waals surface area contributed by atoms with Gasteiger partial charge >= 0.3 is 0 Å². The van der Waals surface area contributed by atoms with Crippen molar-refractivity contribution in [2.24, 2.45) is 4.99 Å². The number of para-hydroxylation sites is 1. The Balaban J connectivity index is 1.75. The van der Waals surface area contributed by atoms with E-state index in [1.54, 1.807) is 0 Å². The molecular formula is C16H25N3OS. The Morgan fingerprint density at radius 1 is 1.38 bits per heavy atom. The molecule has 0 amide bonds. The van der Waals surface area contributed by atoms with E-state index < -0.39 is 0 Å². The summed E-state index contributed by atoms with van der Waals surface area (Å²) in [6.45, 7) is 8.04. The van der Waals surface area contributed by atoms with Crippen LogP contribution in [0.25, 0.3) is 0 Å². The summed E-state index contributed by atoms with van der Waals surface area (Å²) < 4.78 is 5.98. The first kappa shape index (κ1) is 16.0. The quantitative estimate of drug-likeness (QED) is 0.527. The number of hydrogen-bond donors (Lipinski definition) is 1. The van der Waals surface area contributed by atoms with Gasteiger partial charge in [0.15, 0.2) is 5.96 Å². The number of thioether (sulfide) groups is 1. The van der Waals surface area contributed by atoms with E-state index in [0.717, 1.165) is 37.1 Å². The lowest BCUT2D eigenvalue weighted by Crippen LogP contribution is -2.51. The van der Waals surface area contributed by atoms with Gasteiger partial charge in [-0.1, -0.05) is 18.2 Å². The van der Waals surface area contributed by atoms with Gasteiger partial charge in [0.05, 0.1) is 6.54 Å². The van der Waals surface area contributed by atoms with E-state index in [9.17, 15) is 0 Å². The lowest BCUT2D eigenvalue weighted by molar-refractivity contribution is 0.315. The van der Waals surface area contributed by atoms with E-state index in [1.807, 2.05) is 49.1 Å². The number of hydrogen-bond acceptors (Lipinski definition) is 3. The molecule has 21 heavy (non-hydrogen) atoms. The molecule has 0 aliphatic carbocycles. The van der Waals surface area contributed by atoms with Crippen molar-refractivity contribution in [3.8, 4) is 5.75 Å². The lowest BCUT2D eigenvalue weighted by atomic mass is 10.2. The second-order valence-corrected chi connectivity index (χ2v) is 7.47. The molecule has 5 heteroatoms. The number of nitrogens with one attached hydrogen (secondary N) is 1. The number of nitrogens with zero attached hydrogens (tertiary/aromatic N) is 2. The molecule has 0 spiro atoms. The zero-order valence-corrected chi connectivity index (χ0v) is 13.9. The van der Waals surface area contributed by atoms with Gasteiger partial charge in [-0.25, -0.2) is 0 Å². The zero-order valence-electron chi connectivity index (χ0n) is 13.1. The summed E-state index contributed by atoms with van der Waals surface area (Å²) in [7, 11) is 1.84. The molecule has 0 radical (unpaired) electrons. The fourth-order valence-electron chi connectivity index (χ4n) is 2.38. The summed E-state index contributed by atoms with van der Waals surface area (Å²) in [6, 6.07) is 9.89. The van der Waals surface area contributed by atoms with E-state index in [4.69, 9.17) is 4.74 Å². The first-order valence-corrected chi connectivity index (χ1v) is 8.37. The Morgan fingerprint density at radius 2 is 2.14 bits per heavy atom. The molecule has 1 aliphatic rings. The van der Waals surface area contributed by atoms with Crippen LogP contribution < -0.4 is 10.1 Å². The summed E-state index contributed by atoms with van der Waals surface area (Å²) in [6.07, 6.45) is 0. The molecule has 1 aromatic rings. The molecule has 0 unspecified atom stereocenters. The number of aliphatic imine (C=N–C) groups is 1. The zero-order chi connectivity index (χ0) is 15.1. The number of guanidine groups is 1. The maximum atomic E-state index is 5.69. The van der Waals surface area contributed by atoms with Crippen molar-refractivity contribution in [2.45, 2.75) is 18.6 Å². The minimum absolute atomic E-state index is 0.288. The number of rotatable bonds is 4. The second-order valence-electron chi connectivity index (χ2n) is 5.67. The third kappa shape index (κ3) is 5.16. The van der Waals surface area contributed by atoms with Gasteiger partial charge in [-0.15, -0.1) is 0 Å². The van der Waals surface area contributed by atoms with Gasteiger partial charge in [-0.05, 0) is 26.0 Å². The first-order chi connectivity index (χ1) is 10.1. The van der Waals surface area contributed by atoms with Crippen LogP contribution in [0.15, 0.2) is 35.3 Å². The van der Waals surface area contributed by atoms with Gasteiger partial charge in [0.1, 0.15) is 12.4 Å². The molecule has 0 saturated carbocycles. The Hall–Kier alpha value is -1.36. The predicted octanol–water partition coefficient (Wildman–Crippen LogP) is 2.47. The van der Waals surface area contributed by atoms with Crippen molar-refractivity contribution < 1.29 is 4.74 Å². The molecular weight excluding hydrogens is 282 g/mol. The molecule has 1 aromatic carbocycles. The highest BCUT2D eigenvalue weighted by Gasteiger charge is 2.28. The minimum atomic E-state index is 0.288. The van der Waals surface area contributed by atoms with E-state index in [2.05, 4.69) is 29.1 Å². The van der Waals surface area contributed by atoms with Crippen LogP contribution in [0.3, 0.4) is 0 Å². The van der Waals surface area contributed by atoms with Crippen molar-refractivity contribution in [2.75, 3.05) is 39.0 Å². The van der Waals surface area contributed by atoms with Crippen LogP contribution in [-0.2, 0) is 0 Å². The molecule has 116 valence electrons. The maximum absolute atomic E-state index is 5.69. The smallest absolute Gasteiger partial charge is 0.193 e. The van der Waals surface area contributed by atoms with Gasteiger partial charge < -0.3 is 15.0 Å². The molecule has 0 aromatic heterocycles. The van der Waals surface area contributed by atoms with Crippen LogP contribution >= 0.6 is 11.8 Å². The van der Waals surface area contributed by atoms with Gasteiger partial charge in [-0.2, -0.15) is 11.8 Å². The van der Waals surface area contributed by atoms with Crippen LogP contribution in [0.2, 0.25) is 0 Å². The van der Waals surface area contributed by atoms with Crippen LogP contribution in [0, 0.1) is 0 Å². The highest BCUT2D eigenvalue weighted by atomic mass is 32.2. The van der Waals surface area contributed by atoms with E-state index in [1.165, 1.54) is 0 Å². The maximum Gasteiger partial charge on any atom is 0.193 e. The minimum Gasteiger partial charge on any atom is -0.492 e. The standard InChI is InChI=1S/C16H25N3OS/c1-16(2)13-19(10-12-21-16)15(17-3)18-9-11-20-14-7-5-4-6-8-14/h4-8H,9-13H2,1-3H3,(H,17,18). The molecule has 1 fully saturated rings. The average Bonchev–Trinajstić information content (AvgIpc) is 2.47. The average molecular weight is 307 g/mol. The Kier molecular flexibility index (Phi) is 5.79. The third-order valence-electron chi connectivity index (χ3n) is 3.33. The van der Waals surface area contributed by atoms with Crippen LogP contribution in [0.4, 0.5) is 0 Å². The van der Waals surface area contributed by atoms with Crippen LogP contribution in [-0.4, -0.2) is 54.6 Å². The fourth-order valence-corrected chi connectivity index (χ4v) is 3.49. The van der Waals surface area contributed by atoms with E-state index in [0.29, 0.717) is 6.61 Å². The van der Waals surface area contributed by atoms with E-state index in [-0.39, 0.29) is 4.75 Å². The summed E-state index contributed by atoms with van der Waals surface area (Å²) in [5, 5.41) is 3.39. The normalized spacial score (nSPS) is 18.4. The van der Waals surface area contributed by atoms with Crippen LogP contribution in [0.1, 0.15) is 13.8 Å². The molecule has 2 rings (SSSR count). The highest BCUT2D eigenvalue weighted by molar-refractivity contribution is 8.00. The molecule has 0 atom stereocenters. The van der Waals surface area contributed by atoms with E-state index >= 15 is 0 Å². The Labute approximate surface area is 132 Å². The molecule has 1 saturated heterocycles. The van der Waals surface area contributed by atoms with Gasteiger partial charge in [-0.3, -0.25) is 4.99 Å². The molecule has 0 bridgehead atoms. The van der Waals surface area contributed by atoms with Crippen molar-refractivity contribution >= 4 is 17.7 Å². The summed E-state index contributed by atoms with van der Waals surface area (Å²) >= 11 is 2.03. The fraction of sp³-hybridized carbons (Fsp3) is 0.562. The largest absolute Gasteiger partial charge is 0.492 e. The monoisotopic (exact) mass is 307 g/mol. The third-order valence-corrected chi connectivity index (χ3v) is 4.63. The van der Waals surface area contributed by atoms with Crippen molar-refractivity contribution in [1.82, 2.24) is 10.2 Å². The molecule has 1 aliphatic heterocycles.